The molecule has 0 amide bonds. The van der Waals surface area contributed by atoms with Crippen molar-refractivity contribution in [3.8, 4) is 0 Å². The zero-order valence-corrected chi connectivity index (χ0v) is 9.99. The molecule has 0 aliphatic heterocycles. The maximum atomic E-state index is 6.37. The van der Waals surface area contributed by atoms with E-state index in [0.29, 0.717) is 0 Å². The van der Waals surface area contributed by atoms with Crippen LogP contribution in [0.2, 0.25) is 31.7 Å². The zero-order valence-electron chi connectivity index (χ0n) is 7.99. The van der Waals surface area contributed by atoms with E-state index in [0.717, 1.165) is 0 Å². The quantitative estimate of drug-likeness (QED) is 0.655. The van der Waals surface area contributed by atoms with Gasteiger partial charge >= 0.3 is 0 Å². The Bertz CT molecular complexity index is 103. The van der Waals surface area contributed by atoms with Crippen LogP contribution in [0.15, 0.2) is 0 Å². The summed E-state index contributed by atoms with van der Waals surface area (Å²) in [5.74, 6) is 0. The number of hydrogen-bond donors (Lipinski definition) is 1. The molecule has 0 aromatic carbocycles. The molecule has 10 heavy (non-hydrogen) atoms. The molecule has 0 aliphatic rings. The third kappa shape index (κ3) is 1.94. The lowest BCUT2D eigenvalue weighted by Gasteiger charge is -2.36. The van der Waals surface area contributed by atoms with Crippen LogP contribution in [-0.4, -0.2) is 15.3 Å². The summed E-state index contributed by atoms with van der Waals surface area (Å²) in [5.41, 5.74) is 0. The van der Waals surface area contributed by atoms with Crippen LogP contribution in [0.25, 0.3) is 0 Å². The maximum absolute atomic E-state index is 6.37. The highest BCUT2D eigenvalue weighted by Gasteiger charge is 2.38. The van der Waals surface area contributed by atoms with Crippen LogP contribution in [0.4, 0.5) is 0 Å². The molecule has 0 aliphatic carbocycles. The summed E-state index contributed by atoms with van der Waals surface area (Å²) in [6.45, 7) is 11.7. The van der Waals surface area contributed by atoms with Gasteiger partial charge < -0.3 is 5.40 Å². The first-order chi connectivity index (χ1) is 4.37. The van der Waals surface area contributed by atoms with Crippen molar-refractivity contribution in [1.29, 1.82) is 0 Å². The molecule has 0 saturated heterocycles. The summed E-state index contributed by atoms with van der Waals surface area (Å²) in [6, 6.07) is 2.53. The SMILES string of the molecule is CC[Si](N)(CC)[Si](C)(C)C. The van der Waals surface area contributed by atoms with Crippen LogP contribution >= 0.6 is 0 Å². The standard InChI is InChI=1S/C7H21NSi2/c1-6-10(8,7-2)9(3,4)5/h6-8H2,1-5H3. The fourth-order valence-electron chi connectivity index (χ4n) is 1.31. The van der Waals surface area contributed by atoms with Gasteiger partial charge in [-0.15, -0.1) is 0 Å². The second kappa shape index (κ2) is 3.19. The topological polar surface area (TPSA) is 26.0 Å². The monoisotopic (exact) mass is 175 g/mol. The van der Waals surface area contributed by atoms with Gasteiger partial charge in [-0.2, -0.15) is 0 Å². The van der Waals surface area contributed by atoms with E-state index in [-0.39, 0.29) is 0 Å². The highest BCUT2D eigenvalue weighted by molar-refractivity contribution is 7.40. The van der Waals surface area contributed by atoms with Crippen LogP contribution in [0.1, 0.15) is 13.8 Å². The average molecular weight is 175 g/mol. The smallest absolute Gasteiger partial charge is 0.111 e. The van der Waals surface area contributed by atoms with E-state index in [1.807, 2.05) is 0 Å². The summed E-state index contributed by atoms with van der Waals surface area (Å²) in [7, 11) is -2.25. The number of hydrogen-bond acceptors (Lipinski definition) is 1. The van der Waals surface area contributed by atoms with E-state index < -0.39 is 15.3 Å². The summed E-state index contributed by atoms with van der Waals surface area (Å²) in [5, 5.41) is 6.37. The minimum absolute atomic E-state index is 0.994. The van der Waals surface area contributed by atoms with Crippen molar-refractivity contribution in [3.05, 3.63) is 0 Å². The van der Waals surface area contributed by atoms with E-state index >= 15 is 0 Å². The van der Waals surface area contributed by atoms with Gasteiger partial charge in [-0.25, -0.2) is 0 Å². The Kier molecular flexibility index (Phi) is 3.32. The molecule has 3 heteroatoms. The first-order valence-corrected chi connectivity index (χ1v) is 11.2. The summed E-state index contributed by atoms with van der Waals surface area (Å²) in [6.07, 6.45) is 0. The zero-order chi connectivity index (χ0) is 8.41. The van der Waals surface area contributed by atoms with Crippen molar-refractivity contribution in [3.63, 3.8) is 0 Å². The van der Waals surface area contributed by atoms with Gasteiger partial charge in [0.25, 0.3) is 0 Å². The molecule has 0 heterocycles. The molecule has 0 aromatic rings. The van der Waals surface area contributed by atoms with Crippen molar-refractivity contribution in [2.24, 2.45) is 5.40 Å². The second-order valence-electron chi connectivity index (χ2n) is 4.11. The lowest BCUT2D eigenvalue weighted by Crippen LogP contribution is -2.63. The third-order valence-electron chi connectivity index (χ3n) is 2.76. The number of nitrogens with two attached hydrogens (primary N) is 1. The summed E-state index contributed by atoms with van der Waals surface area (Å²) >= 11 is 0. The molecule has 0 radical (unpaired) electrons. The Labute approximate surface area is 66.9 Å². The van der Waals surface area contributed by atoms with Gasteiger partial charge in [-0.1, -0.05) is 33.5 Å². The Balaban J connectivity index is 4.33. The van der Waals surface area contributed by atoms with Gasteiger partial charge in [0.05, 0.1) is 7.59 Å². The first kappa shape index (κ1) is 10.4. The van der Waals surface area contributed by atoms with Crippen LogP contribution in [0, 0.1) is 0 Å². The molecule has 0 saturated carbocycles. The maximum Gasteiger partial charge on any atom is 0.111 e. The van der Waals surface area contributed by atoms with Crippen LogP contribution in [0.5, 0.6) is 0 Å². The van der Waals surface area contributed by atoms with Gasteiger partial charge in [-0.05, 0) is 12.1 Å². The van der Waals surface area contributed by atoms with Crippen LogP contribution < -0.4 is 5.40 Å². The van der Waals surface area contributed by atoms with Gasteiger partial charge in [-0.3, -0.25) is 0 Å². The van der Waals surface area contributed by atoms with Gasteiger partial charge in [0, 0.05) is 0 Å². The van der Waals surface area contributed by atoms with E-state index in [2.05, 4.69) is 33.5 Å². The van der Waals surface area contributed by atoms with Crippen molar-refractivity contribution < 1.29 is 0 Å². The summed E-state index contributed by atoms with van der Waals surface area (Å²) < 4.78 is 0. The predicted octanol–water partition coefficient (Wildman–Crippen LogP) is 2.35. The molecule has 0 aromatic heterocycles. The second-order valence-corrected chi connectivity index (χ2v) is 19.8. The molecule has 62 valence electrons. The van der Waals surface area contributed by atoms with Crippen molar-refractivity contribution in [2.45, 2.75) is 45.6 Å². The van der Waals surface area contributed by atoms with E-state index in [4.69, 9.17) is 5.40 Å². The van der Waals surface area contributed by atoms with Gasteiger partial charge in [0.2, 0.25) is 0 Å². The molecular formula is C7H21NSi2. The molecule has 0 spiro atoms. The Hall–Kier alpha value is 0.394. The molecule has 1 nitrogen and oxygen atoms in total. The minimum atomic E-state index is -1.26. The molecule has 0 rings (SSSR count). The van der Waals surface area contributed by atoms with Crippen molar-refractivity contribution >= 4 is 15.3 Å². The molecule has 0 fully saturated rings. The van der Waals surface area contributed by atoms with Crippen molar-refractivity contribution in [1.82, 2.24) is 0 Å². The fourth-order valence-corrected chi connectivity index (χ4v) is 10.3. The molecule has 0 atom stereocenters. The third-order valence-corrected chi connectivity index (χ3v) is 19.3. The highest BCUT2D eigenvalue weighted by atomic mass is 29.3. The largest absolute Gasteiger partial charge is 0.353 e. The molecular weight excluding hydrogens is 154 g/mol. The van der Waals surface area contributed by atoms with Crippen LogP contribution in [0.3, 0.4) is 0 Å². The average Bonchev–Trinajstić information content (AvgIpc) is 1.84. The Morgan fingerprint density at radius 3 is 1.30 bits per heavy atom. The lowest BCUT2D eigenvalue weighted by atomic mass is 10.9. The first-order valence-electron chi connectivity index (χ1n) is 4.16. The van der Waals surface area contributed by atoms with Crippen LogP contribution in [-0.2, 0) is 0 Å². The Morgan fingerprint density at radius 1 is 1.00 bits per heavy atom. The van der Waals surface area contributed by atoms with E-state index in [9.17, 15) is 0 Å². The Morgan fingerprint density at radius 2 is 1.30 bits per heavy atom. The van der Waals surface area contributed by atoms with Gasteiger partial charge in [0.1, 0.15) is 7.75 Å². The van der Waals surface area contributed by atoms with Crippen molar-refractivity contribution in [2.75, 3.05) is 0 Å². The highest BCUT2D eigenvalue weighted by Crippen LogP contribution is 2.20. The molecule has 0 bridgehead atoms. The summed E-state index contributed by atoms with van der Waals surface area (Å²) in [4.78, 5) is 0. The predicted molar refractivity (Wildman–Crippen MR) is 54.2 cm³/mol. The molecule has 0 unspecified atom stereocenters. The van der Waals surface area contributed by atoms with E-state index in [1.54, 1.807) is 0 Å². The van der Waals surface area contributed by atoms with E-state index in [1.165, 1.54) is 12.1 Å². The van der Waals surface area contributed by atoms with Gasteiger partial charge in [0.15, 0.2) is 0 Å². The normalized spacial score (nSPS) is 13.8. The fraction of sp³-hybridized carbons (Fsp3) is 1.00. The lowest BCUT2D eigenvalue weighted by molar-refractivity contribution is 1.25. The molecule has 2 N–H and O–H groups in total. The number of rotatable bonds is 3. The minimum Gasteiger partial charge on any atom is -0.353 e.